The lowest BCUT2D eigenvalue weighted by Crippen LogP contribution is -2.03. The van der Waals surface area contributed by atoms with Gasteiger partial charge < -0.3 is 4.98 Å². The van der Waals surface area contributed by atoms with E-state index in [0.717, 1.165) is 16.7 Å². The van der Waals surface area contributed by atoms with Gasteiger partial charge in [-0.1, -0.05) is 30.0 Å². The minimum atomic E-state index is 0.0295. The zero-order valence-corrected chi connectivity index (χ0v) is 13.4. The monoisotopic (exact) mass is 335 g/mol. The molecule has 24 heavy (non-hydrogen) atoms. The number of para-hydroxylation sites is 1. The third kappa shape index (κ3) is 2.69. The van der Waals surface area contributed by atoms with Gasteiger partial charge in [-0.05, 0) is 24.3 Å². The predicted octanol–water partition coefficient (Wildman–Crippen LogP) is 3.12. The van der Waals surface area contributed by atoms with E-state index in [1.54, 1.807) is 18.7 Å². The van der Waals surface area contributed by atoms with Crippen LogP contribution in [0.3, 0.4) is 0 Å². The summed E-state index contributed by atoms with van der Waals surface area (Å²) in [4.78, 5) is 19.8. The van der Waals surface area contributed by atoms with Crippen molar-refractivity contribution < 1.29 is 4.79 Å². The van der Waals surface area contributed by atoms with E-state index in [0.29, 0.717) is 10.7 Å². The molecule has 0 aliphatic heterocycles. The fraction of sp³-hybridized carbons (Fsp3) is 0.0588. The van der Waals surface area contributed by atoms with Gasteiger partial charge in [0.05, 0.1) is 5.75 Å². The van der Waals surface area contributed by atoms with Crippen LogP contribution in [0.4, 0.5) is 0 Å². The average molecular weight is 335 g/mol. The maximum atomic E-state index is 12.5. The topological polar surface area (TPSA) is 76.5 Å². The molecule has 4 rings (SSSR count). The number of benzene rings is 1. The second-order valence-electron chi connectivity index (χ2n) is 5.13. The average Bonchev–Trinajstić information content (AvgIpc) is 3.27. The molecule has 0 unspecified atom stereocenters. The van der Waals surface area contributed by atoms with E-state index < -0.39 is 0 Å². The summed E-state index contributed by atoms with van der Waals surface area (Å²) >= 11 is 1.37. The number of ketones is 1. The Morgan fingerprint density at radius 1 is 1.17 bits per heavy atom. The van der Waals surface area contributed by atoms with Crippen molar-refractivity contribution in [3.63, 3.8) is 0 Å². The number of fused-ring (bicyclic) bond motifs is 1. The Morgan fingerprint density at radius 3 is 2.92 bits per heavy atom. The van der Waals surface area contributed by atoms with Crippen LogP contribution in [0.25, 0.3) is 16.7 Å². The molecular weight excluding hydrogens is 322 g/mol. The van der Waals surface area contributed by atoms with E-state index in [1.165, 1.54) is 11.8 Å². The first-order valence-corrected chi connectivity index (χ1v) is 8.35. The minimum absolute atomic E-state index is 0.0295. The molecule has 3 heterocycles. The molecule has 0 fully saturated rings. The first-order valence-electron chi connectivity index (χ1n) is 7.36. The van der Waals surface area contributed by atoms with Crippen molar-refractivity contribution >= 4 is 28.6 Å². The van der Waals surface area contributed by atoms with Gasteiger partial charge in [0.25, 0.3) is 0 Å². The predicted molar refractivity (Wildman–Crippen MR) is 92.5 cm³/mol. The van der Waals surface area contributed by atoms with Crippen LogP contribution in [-0.4, -0.2) is 36.3 Å². The van der Waals surface area contributed by atoms with Crippen LogP contribution in [0, 0.1) is 0 Å². The fourth-order valence-corrected chi connectivity index (χ4v) is 3.30. The molecule has 1 N–H and O–H groups in total. The zero-order chi connectivity index (χ0) is 16.4. The Hall–Kier alpha value is -2.93. The highest BCUT2D eigenvalue weighted by Gasteiger charge is 2.15. The number of thioether (sulfide) groups is 1. The second-order valence-corrected chi connectivity index (χ2v) is 6.08. The lowest BCUT2D eigenvalue weighted by atomic mass is 10.1. The van der Waals surface area contributed by atoms with Crippen LogP contribution >= 0.6 is 11.8 Å². The summed E-state index contributed by atoms with van der Waals surface area (Å²) in [5.41, 5.74) is 2.34. The van der Waals surface area contributed by atoms with E-state index in [9.17, 15) is 4.79 Å². The molecule has 0 spiro atoms. The van der Waals surface area contributed by atoms with E-state index in [4.69, 9.17) is 0 Å². The molecule has 0 saturated heterocycles. The van der Waals surface area contributed by atoms with Crippen LogP contribution in [0.2, 0.25) is 0 Å². The van der Waals surface area contributed by atoms with Crippen LogP contribution in [0.1, 0.15) is 10.4 Å². The van der Waals surface area contributed by atoms with Crippen molar-refractivity contribution in [1.82, 2.24) is 24.7 Å². The van der Waals surface area contributed by atoms with Crippen molar-refractivity contribution in [2.75, 3.05) is 5.75 Å². The third-order valence-electron chi connectivity index (χ3n) is 3.63. The summed E-state index contributed by atoms with van der Waals surface area (Å²) < 4.78 is 1.87. The number of carbonyl (C=O) groups is 1. The number of hydrogen-bond donors (Lipinski definition) is 1. The molecule has 4 aromatic rings. The van der Waals surface area contributed by atoms with E-state index in [1.807, 2.05) is 47.0 Å². The van der Waals surface area contributed by atoms with Crippen molar-refractivity contribution in [2.24, 2.45) is 0 Å². The second kappa shape index (κ2) is 6.29. The number of pyridine rings is 1. The number of carbonyl (C=O) groups excluding carboxylic acids is 1. The van der Waals surface area contributed by atoms with Crippen molar-refractivity contribution in [3.8, 4) is 5.69 Å². The molecule has 118 valence electrons. The first-order chi connectivity index (χ1) is 11.8. The highest BCUT2D eigenvalue weighted by molar-refractivity contribution is 7.99. The number of aromatic amines is 1. The summed E-state index contributed by atoms with van der Waals surface area (Å²) in [6.45, 7) is 0. The molecular formula is C17H13N5OS. The molecule has 0 aliphatic rings. The summed E-state index contributed by atoms with van der Waals surface area (Å²) in [5.74, 6) is 0.315. The maximum absolute atomic E-state index is 12.5. The number of aromatic nitrogens is 5. The SMILES string of the molecule is O=C(CSc1nncn1-c1ccccc1)c1c[nH]c2ncccc12. The Labute approximate surface area is 141 Å². The highest BCUT2D eigenvalue weighted by Crippen LogP contribution is 2.22. The van der Waals surface area contributed by atoms with Gasteiger partial charge in [0, 0.05) is 29.0 Å². The molecule has 1 aromatic carbocycles. The number of H-pyrrole nitrogens is 1. The van der Waals surface area contributed by atoms with Gasteiger partial charge in [0.1, 0.15) is 12.0 Å². The Bertz CT molecular complexity index is 992. The van der Waals surface area contributed by atoms with Crippen LogP contribution in [-0.2, 0) is 0 Å². The molecule has 0 radical (unpaired) electrons. The number of nitrogens with one attached hydrogen (secondary N) is 1. The minimum Gasteiger partial charge on any atom is -0.345 e. The van der Waals surface area contributed by atoms with Gasteiger partial charge in [0.15, 0.2) is 10.9 Å². The van der Waals surface area contributed by atoms with Crippen molar-refractivity contribution in [3.05, 3.63) is 66.7 Å². The first kappa shape index (κ1) is 14.6. The lowest BCUT2D eigenvalue weighted by Gasteiger charge is -2.05. The van der Waals surface area contributed by atoms with Crippen LogP contribution < -0.4 is 0 Å². The fourth-order valence-electron chi connectivity index (χ4n) is 2.48. The molecule has 6 nitrogen and oxygen atoms in total. The molecule has 0 amide bonds. The standard InChI is InChI=1S/C17H13N5OS/c23-15(14-9-19-16-13(14)7-4-8-18-16)10-24-17-21-20-11-22(17)12-5-2-1-3-6-12/h1-9,11H,10H2,(H,18,19). The van der Waals surface area contributed by atoms with E-state index in [-0.39, 0.29) is 11.5 Å². The number of Topliss-reactive ketones (excluding diaryl/α,β-unsaturated/α-hetero) is 1. The normalized spacial score (nSPS) is 11.0. The van der Waals surface area contributed by atoms with E-state index in [2.05, 4.69) is 20.2 Å². The summed E-state index contributed by atoms with van der Waals surface area (Å²) in [6.07, 6.45) is 5.06. The zero-order valence-electron chi connectivity index (χ0n) is 12.6. The molecule has 7 heteroatoms. The third-order valence-corrected chi connectivity index (χ3v) is 4.58. The van der Waals surface area contributed by atoms with Crippen LogP contribution in [0.15, 0.2) is 66.3 Å². The molecule has 0 aliphatic carbocycles. The van der Waals surface area contributed by atoms with Gasteiger partial charge in [-0.15, -0.1) is 10.2 Å². The summed E-state index contributed by atoms with van der Waals surface area (Å²) in [7, 11) is 0. The van der Waals surface area contributed by atoms with Gasteiger partial charge in [-0.2, -0.15) is 0 Å². The molecule has 0 atom stereocenters. The maximum Gasteiger partial charge on any atom is 0.196 e. The number of nitrogens with zero attached hydrogens (tertiary/aromatic N) is 4. The highest BCUT2D eigenvalue weighted by atomic mass is 32.2. The Morgan fingerprint density at radius 2 is 2.04 bits per heavy atom. The Balaban J connectivity index is 1.54. The van der Waals surface area contributed by atoms with Gasteiger partial charge >= 0.3 is 0 Å². The van der Waals surface area contributed by atoms with E-state index >= 15 is 0 Å². The van der Waals surface area contributed by atoms with Gasteiger partial charge in [-0.3, -0.25) is 9.36 Å². The lowest BCUT2D eigenvalue weighted by molar-refractivity contribution is 0.102. The Kier molecular flexibility index (Phi) is 3.84. The number of rotatable bonds is 5. The van der Waals surface area contributed by atoms with Crippen LogP contribution in [0.5, 0.6) is 0 Å². The summed E-state index contributed by atoms with van der Waals surface area (Å²) in [5, 5.41) is 9.59. The molecule has 0 bridgehead atoms. The van der Waals surface area contributed by atoms with Crippen molar-refractivity contribution in [1.29, 1.82) is 0 Å². The quantitative estimate of drug-likeness (QED) is 0.448. The molecule has 0 saturated carbocycles. The molecule has 3 aromatic heterocycles. The van der Waals surface area contributed by atoms with Crippen molar-refractivity contribution in [2.45, 2.75) is 5.16 Å². The van der Waals surface area contributed by atoms with Gasteiger partial charge in [-0.25, -0.2) is 4.98 Å². The summed E-state index contributed by atoms with van der Waals surface area (Å²) in [6, 6.07) is 13.5. The number of hydrogen-bond acceptors (Lipinski definition) is 5. The largest absolute Gasteiger partial charge is 0.345 e. The smallest absolute Gasteiger partial charge is 0.196 e. The van der Waals surface area contributed by atoms with Gasteiger partial charge in [0.2, 0.25) is 0 Å².